The van der Waals surface area contributed by atoms with Gasteiger partial charge in [-0.05, 0) is 19.7 Å². The standard InChI is InChI=1S/C16H17NO.C2H5Cl/c1-17(2)12-13-8-10-15(11-9-13)16(18)14-6-4-3-5-7-14;1-2-3/h3-11H,12H2,1-2H3;2H2,1H3. The first-order chi connectivity index (χ1) is 10.1. The van der Waals surface area contributed by atoms with E-state index in [1.807, 2.05) is 75.6 Å². The van der Waals surface area contributed by atoms with Crippen LogP contribution in [0.2, 0.25) is 0 Å². The zero-order chi connectivity index (χ0) is 15.7. The average Bonchev–Trinajstić information content (AvgIpc) is 2.48. The molecule has 0 fully saturated rings. The fraction of sp³-hybridized carbons (Fsp3) is 0.278. The minimum Gasteiger partial charge on any atom is -0.305 e. The number of hydrogen-bond acceptors (Lipinski definition) is 2. The first-order valence-corrected chi connectivity index (χ1v) is 7.51. The Morgan fingerprint density at radius 2 is 1.43 bits per heavy atom. The molecular weight excluding hydrogens is 282 g/mol. The number of carbonyl (C=O) groups excluding carboxylic acids is 1. The lowest BCUT2D eigenvalue weighted by atomic mass is 10.0. The molecule has 2 aromatic carbocycles. The normalized spacial score (nSPS) is 9.95. The van der Waals surface area contributed by atoms with Gasteiger partial charge in [0.1, 0.15) is 0 Å². The van der Waals surface area contributed by atoms with Crippen molar-refractivity contribution in [1.29, 1.82) is 0 Å². The molecule has 2 aromatic rings. The van der Waals surface area contributed by atoms with Gasteiger partial charge in [0.05, 0.1) is 0 Å². The molecule has 0 saturated carbocycles. The van der Waals surface area contributed by atoms with E-state index < -0.39 is 0 Å². The number of nitrogens with zero attached hydrogens (tertiary/aromatic N) is 1. The van der Waals surface area contributed by atoms with Crippen molar-refractivity contribution in [3.63, 3.8) is 0 Å². The molecule has 0 spiro atoms. The fourth-order valence-electron chi connectivity index (χ4n) is 1.88. The van der Waals surface area contributed by atoms with Gasteiger partial charge in [-0.3, -0.25) is 4.79 Å². The molecule has 0 aliphatic carbocycles. The molecule has 3 heteroatoms. The molecule has 0 bridgehead atoms. The molecule has 0 aliphatic heterocycles. The van der Waals surface area contributed by atoms with E-state index in [0.29, 0.717) is 0 Å². The molecule has 0 aliphatic rings. The molecule has 0 aromatic heterocycles. The molecule has 2 nitrogen and oxygen atoms in total. The van der Waals surface area contributed by atoms with Gasteiger partial charge in [-0.25, -0.2) is 0 Å². The van der Waals surface area contributed by atoms with Gasteiger partial charge in [0.2, 0.25) is 0 Å². The Labute approximate surface area is 132 Å². The second kappa shape index (κ2) is 9.32. The van der Waals surface area contributed by atoms with Gasteiger partial charge in [0.25, 0.3) is 0 Å². The van der Waals surface area contributed by atoms with Crippen molar-refractivity contribution < 1.29 is 4.79 Å². The largest absolute Gasteiger partial charge is 0.305 e. The summed E-state index contributed by atoms with van der Waals surface area (Å²) in [6.07, 6.45) is 0. The summed E-state index contributed by atoms with van der Waals surface area (Å²) in [4.78, 5) is 14.3. The molecule has 0 radical (unpaired) electrons. The Hall–Kier alpha value is -1.64. The predicted molar refractivity (Wildman–Crippen MR) is 90.1 cm³/mol. The monoisotopic (exact) mass is 303 g/mol. The van der Waals surface area contributed by atoms with Crippen LogP contribution < -0.4 is 0 Å². The van der Waals surface area contributed by atoms with Crippen LogP contribution in [0, 0.1) is 0 Å². The molecule has 0 N–H and O–H groups in total. The van der Waals surface area contributed by atoms with Crippen LogP contribution in [-0.2, 0) is 6.54 Å². The molecule has 0 amide bonds. The van der Waals surface area contributed by atoms with Crippen molar-refractivity contribution in [1.82, 2.24) is 4.90 Å². The Morgan fingerprint density at radius 1 is 0.952 bits per heavy atom. The number of carbonyl (C=O) groups is 1. The van der Waals surface area contributed by atoms with Crippen molar-refractivity contribution >= 4 is 17.4 Å². The summed E-state index contributed by atoms with van der Waals surface area (Å²) in [5, 5.41) is 0. The van der Waals surface area contributed by atoms with E-state index in [1.165, 1.54) is 5.56 Å². The summed E-state index contributed by atoms with van der Waals surface area (Å²) in [6.45, 7) is 2.78. The average molecular weight is 304 g/mol. The van der Waals surface area contributed by atoms with E-state index >= 15 is 0 Å². The maximum absolute atomic E-state index is 12.2. The van der Waals surface area contributed by atoms with E-state index in [2.05, 4.69) is 4.90 Å². The van der Waals surface area contributed by atoms with Gasteiger partial charge in [0, 0.05) is 23.6 Å². The van der Waals surface area contributed by atoms with E-state index in [9.17, 15) is 4.79 Å². The lowest BCUT2D eigenvalue weighted by Gasteiger charge is -2.09. The smallest absolute Gasteiger partial charge is 0.193 e. The zero-order valence-corrected chi connectivity index (χ0v) is 13.6. The van der Waals surface area contributed by atoms with Gasteiger partial charge in [-0.2, -0.15) is 0 Å². The van der Waals surface area contributed by atoms with Crippen LogP contribution in [0.4, 0.5) is 0 Å². The lowest BCUT2D eigenvalue weighted by molar-refractivity contribution is 0.103. The third-order valence-electron chi connectivity index (χ3n) is 2.75. The quantitative estimate of drug-likeness (QED) is 0.622. The number of benzene rings is 2. The second-order valence-electron chi connectivity index (χ2n) is 4.90. The topological polar surface area (TPSA) is 20.3 Å². The molecule has 112 valence electrons. The van der Waals surface area contributed by atoms with Gasteiger partial charge in [-0.1, -0.05) is 61.5 Å². The minimum absolute atomic E-state index is 0.0759. The van der Waals surface area contributed by atoms with Crippen LogP contribution in [0.25, 0.3) is 0 Å². The third kappa shape index (κ3) is 6.11. The maximum Gasteiger partial charge on any atom is 0.193 e. The fourth-order valence-corrected chi connectivity index (χ4v) is 1.88. The maximum atomic E-state index is 12.2. The van der Waals surface area contributed by atoms with E-state index in [1.54, 1.807) is 0 Å². The summed E-state index contributed by atoms with van der Waals surface area (Å²) < 4.78 is 0. The van der Waals surface area contributed by atoms with Gasteiger partial charge in [0.15, 0.2) is 5.78 Å². The van der Waals surface area contributed by atoms with E-state index in [-0.39, 0.29) is 5.78 Å². The van der Waals surface area contributed by atoms with Crippen molar-refractivity contribution in [2.24, 2.45) is 0 Å². The summed E-state index contributed by atoms with van der Waals surface area (Å²) in [5.41, 5.74) is 2.69. The number of hydrogen-bond donors (Lipinski definition) is 0. The second-order valence-corrected chi connectivity index (χ2v) is 5.43. The zero-order valence-electron chi connectivity index (χ0n) is 12.8. The number of ketones is 1. The van der Waals surface area contributed by atoms with Crippen LogP contribution in [0.15, 0.2) is 54.6 Å². The molecule has 0 unspecified atom stereocenters. The van der Waals surface area contributed by atoms with Crippen LogP contribution in [0.1, 0.15) is 28.4 Å². The molecular formula is C18H22ClNO. The molecule has 2 rings (SSSR count). The van der Waals surface area contributed by atoms with Gasteiger partial charge < -0.3 is 4.90 Å². The molecule has 0 saturated heterocycles. The Bertz CT molecular complexity index is 535. The first kappa shape index (κ1) is 17.4. The lowest BCUT2D eigenvalue weighted by Crippen LogP contribution is -2.10. The number of halogens is 1. The Morgan fingerprint density at radius 3 is 1.90 bits per heavy atom. The first-order valence-electron chi connectivity index (χ1n) is 6.97. The summed E-state index contributed by atoms with van der Waals surface area (Å²) in [5.74, 6) is 0.798. The molecule has 0 atom stereocenters. The minimum atomic E-state index is 0.0759. The van der Waals surface area contributed by atoms with Crippen molar-refractivity contribution in [2.45, 2.75) is 13.5 Å². The van der Waals surface area contributed by atoms with Crippen LogP contribution in [0.5, 0.6) is 0 Å². The van der Waals surface area contributed by atoms with Crippen LogP contribution in [-0.4, -0.2) is 30.7 Å². The van der Waals surface area contributed by atoms with Crippen molar-refractivity contribution in [2.75, 3.05) is 20.0 Å². The van der Waals surface area contributed by atoms with Crippen LogP contribution >= 0.6 is 11.6 Å². The summed E-state index contributed by atoms with van der Waals surface area (Å²) in [6, 6.07) is 17.2. The molecule has 0 heterocycles. The number of alkyl halides is 1. The van der Waals surface area contributed by atoms with Crippen LogP contribution in [0.3, 0.4) is 0 Å². The van der Waals surface area contributed by atoms with Gasteiger partial charge >= 0.3 is 0 Å². The SMILES string of the molecule is CCCl.CN(C)Cc1ccc(C(=O)c2ccccc2)cc1. The highest BCUT2D eigenvalue weighted by atomic mass is 35.5. The predicted octanol–water partition coefficient (Wildman–Crippen LogP) is 4.22. The summed E-state index contributed by atoms with van der Waals surface area (Å²) in [7, 11) is 4.06. The molecule has 21 heavy (non-hydrogen) atoms. The third-order valence-corrected chi connectivity index (χ3v) is 2.75. The van der Waals surface area contributed by atoms with Gasteiger partial charge in [-0.15, -0.1) is 11.6 Å². The van der Waals surface area contributed by atoms with E-state index in [4.69, 9.17) is 11.6 Å². The van der Waals surface area contributed by atoms with Crippen molar-refractivity contribution in [3.8, 4) is 0 Å². The highest BCUT2D eigenvalue weighted by Crippen LogP contribution is 2.11. The summed E-state index contributed by atoms with van der Waals surface area (Å²) >= 11 is 5.00. The highest BCUT2D eigenvalue weighted by molar-refractivity contribution is 6.17. The van der Waals surface area contributed by atoms with E-state index in [0.717, 1.165) is 23.6 Å². The Kier molecular flexibility index (Phi) is 7.73. The highest BCUT2D eigenvalue weighted by Gasteiger charge is 2.07. The van der Waals surface area contributed by atoms with Crippen molar-refractivity contribution in [3.05, 3.63) is 71.3 Å². The Balaban J connectivity index is 0.000000677. The number of rotatable bonds is 4.